The van der Waals surface area contributed by atoms with Crippen LogP contribution in [0.4, 0.5) is 5.82 Å². The fourth-order valence-electron chi connectivity index (χ4n) is 4.96. The number of para-hydroxylation sites is 1. The first-order chi connectivity index (χ1) is 14.5. The van der Waals surface area contributed by atoms with Gasteiger partial charge < -0.3 is 14.5 Å². The Kier molecular flexibility index (Phi) is 6.57. The van der Waals surface area contributed by atoms with Gasteiger partial charge in [0.1, 0.15) is 5.82 Å². The van der Waals surface area contributed by atoms with Crippen molar-refractivity contribution in [2.45, 2.75) is 64.5 Å². The Morgan fingerprint density at radius 3 is 2.63 bits per heavy atom. The van der Waals surface area contributed by atoms with Crippen LogP contribution in [0.3, 0.4) is 0 Å². The molecule has 0 bridgehead atoms. The van der Waals surface area contributed by atoms with Crippen LogP contribution in [0.25, 0.3) is 10.9 Å². The summed E-state index contributed by atoms with van der Waals surface area (Å²) in [5.41, 5.74) is 3.33. The van der Waals surface area contributed by atoms with Gasteiger partial charge in [-0.05, 0) is 44.2 Å². The first kappa shape index (κ1) is 21.1. The number of aryl methyl sites for hydroxylation is 1. The van der Waals surface area contributed by atoms with Gasteiger partial charge in [0, 0.05) is 50.7 Å². The molecule has 2 aromatic rings. The van der Waals surface area contributed by atoms with Crippen LogP contribution in [0.2, 0.25) is 0 Å². The molecule has 162 valence electrons. The van der Waals surface area contributed by atoms with Crippen LogP contribution in [0, 0.1) is 12.8 Å². The maximum absolute atomic E-state index is 13.5. The van der Waals surface area contributed by atoms with Crippen LogP contribution < -0.4 is 4.90 Å². The Labute approximate surface area is 180 Å². The van der Waals surface area contributed by atoms with E-state index in [2.05, 4.69) is 41.0 Å². The van der Waals surface area contributed by atoms with Crippen LogP contribution >= 0.6 is 0 Å². The molecular weight excluding hydrogens is 374 g/mol. The molecule has 1 saturated carbocycles. The van der Waals surface area contributed by atoms with Gasteiger partial charge in [-0.1, -0.05) is 37.5 Å². The second-order valence-corrected chi connectivity index (χ2v) is 9.20. The van der Waals surface area contributed by atoms with Gasteiger partial charge in [0.15, 0.2) is 0 Å². The number of hydrogen-bond donors (Lipinski definition) is 0. The molecule has 1 aromatic carbocycles. The van der Waals surface area contributed by atoms with E-state index >= 15 is 0 Å². The first-order valence-corrected chi connectivity index (χ1v) is 11.5. The second kappa shape index (κ2) is 9.34. The normalized spacial score (nSPS) is 19.9. The van der Waals surface area contributed by atoms with E-state index < -0.39 is 0 Å². The van der Waals surface area contributed by atoms with Gasteiger partial charge in [-0.15, -0.1) is 0 Å². The summed E-state index contributed by atoms with van der Waals surface area (Å²) in [6.45, 7) is 4.20. The summed E-state index contributed by atoms with van der Waals surface area (Å²) >= 11 is 0. The Hall–Kier alpha value is -2.14. The zero-order valence-corrected chi connectivity index (χ0v) is 18.7. The topological polar surface area (TPSA) is 45.7 Å². The molecule has 0 N–H and O–H groups in total. The second-order valence-electron chi connectivity index (χ2n) is 9.20. The molecular formula is C25H35N3O2. The predicted molar refractivity (Wildman–Crippen MR) is 122 cm³/mol. The van der Waals surface area contributed by atoms with Gasteiger partial charge in [0.2, 0.25) is 5.91 Å². The molecule has 1 amide bonds. The number of ether oxygens (including phenoxy) is 1. The molecule has 2 fully saturated rings. The van der Waals surface area contributed by atoms with Crippen LogP contribution in [-0.4, -0.2) is 49.1 Å². The monoisotopic (exact) mass is 409 g/mol. The van der Waals surface area contributed by atoms with Crippen LogP contribution in [0.15, 0.2) is 24.3 Å². The number of carbonyl (C=O) groups excluding carboxylic acids is 1. The molecule has 4 rings (SSSR count). The molecule has 30 heavy (non-hydrogen) atoms. The Morgan fingerprint density at radius 1 is 1.13 bits per heavy atom. The number of aromatic nitrogens is 1. The van der Waals surface area contributed by atoms with Crippen molar-refractivity contribution in [3.8, 4) is 0 Å². The lowest BCUT2D eigenvalue weighted by molar-refractivity contribution is -0.138. The molecule has 1 aromatic heterocycles. The van der Waals surface area contributed by atoms with Crippen LogP contribution in [-0.2, 0) is 16.1 Å². The zero-order chi connectivity index (χ0) is 21.1. The van der Waals surface area contributed by atoms with Crippen molar-refractivity contribution < 1.29 is 9.53 Å². The zero-order valence-electron chi connectivity index (χ0n) is 18.7. The molecule has 1 aliphatic heterocycles. The molecule has 5 nitrogen and oxygen atoms in total. The van der Waals surface area contributed by atoms with E-state index in [-0.39, 0.29) is 12.0 Å². The van der Waals surface area contributed by atoms with Gasteiger partial charge >= 0.3 is 0 Å². The largest absolute Gasteiger partial charge is 0.376 e. The summed E-state index contributed by atoms with van der Waals surface area (Å²) in [7, 11) is 4.06. The number of benzene rings is 1. The lowest BCUT2D eigenvalue weighted by Gasteiger charge is -2.32. The maximum Gasteiger partial charge on any atom is 0.226 e. The summed E-state index contributed by atoms with van der Waals surface area (Å²) in [5.74, 6) is 1.42. The van der Waals surface area contributed by atoms with Crippen molar-refractivity contribution >= 4 is 22.6 Å². The minimum atomic E-state index is 0.163. The van der Waals surface area contributed by atoms with Gasteiger partial charge in [-0.3, -0.25) is 4.79 Å². The van der Waals surface area contributed by atoms with Crippen molar-refractivity contribution in [1.82, 2.24) is 9.88 Å². The quantitative estimate of drug-likeness (QED) is 0.694. The number of amides is 1. The molecule has 2 aliphatic rings. The SMILES string of the molecule is Cc1cccc2cc(CN(C[C@H]3CCCO3)C(=O)C3CCCCC3)c(N(C)C)nc12. The van der Waals surface area contributed by atoms with E-state index in [4.69, 9.17) is 9.72 Å². The number of rotatable bonds is 6. The highest BCUT2D eigenvalue weighted by Crippen LogP contribution is 2.30. The summed E-state index contributed by atoms with van der Waals surface area (Å²) in [6.07, 6.45) is 7.95. The van der Waals surface area contributed by atoms with Crippen molar-refractivity contribution in [1.29, 1.82) is 0 Å². The van der Waals surface area contributed by atoms with Crippen molar-refractivity contribution in [2.75, 3.05) is 32.1 Å². The number of pyridine rings is 1. The smallest absolute Gasteiger partial charge is 0.226 e. The average Bonchev–Trinajstić information content (AvgIpc) is 3.26. The highest BCUT2D eigenvalue weighted by atomic mass is 16.5. The molecule has 1 atom stereocenters. The van der Waals surface area contributed by atoms with Gasteiger partial charge in [-0.25, -0.2) is 4.98 Å². The number of fused-ring (bicyclic) bond motifs is 1. The molecule has 1 aliphatic carbocycles. The molecule has 0 spiro atoms. The van der Waals surface area contributed by atoms with E-state index in [1.807, 2.05) is 14.1 Å². The molecule has 1 saturated heterocycles. The van der Waals surface area contributed by atoms with Crippen LogP contribution in [0.5, 0.6) is 0 Å². The lowest BCUT2D eigenvalue weighted by atomic mass is 9.88. The van der Waals surface area contributed by atoms with E-state index in [0.29, 0.717) is 19.0 Å². The Bertz CT molecular complexity index is 883. The lowest BCUT2D eigenvalue weighted by Crippen LogP contribution is -2.41. The average molecular weight is 410 g/mol. The van der Waals surface area contributed by atoms with Crippen molar-refractivity contribution in [2.24, 2.45) is 5.92 Å². The summed E-state index contributed by atoms with van der Waals surface area (Å²) in [6, 6.07) is 8.52. The minimum Gasteiger partial charge on any atom is -0.376 e. The third kappa shape index (κ3) is 4.61. The Morgan fingerprint density at radius 2 is 1.93 bits per heavy atom. The summed E-state index contributed by atoms with van der Waals surface area (Å²) < 4.78 is 5.90. The van der Waals surface area contributed by atoms with E-state index in [1.165, 1.54) is 24.8 Å². The Balaban J connectivity index is 1.66. The van der Waals surface area contributed by atoms with E-state index in [0.717, 1.165) is 54.6 Å². The number of carbonyl (C=O) groups is 1. The number of anilines is 1. The standard InChI is InChI=1S/C25H35N3O2/c1-18-9-7-12-20-15-21(24(27(2)3)26-23(18)20)16-28(17-22-13-8-14-30-22)25(29)19-10-5-4-6-11-19/h7,9,12,15,19,22H,4-6,8,10-11,13-14,16-17H2,1-3H3/t22-/m1/s1. The van der Waals surface area contributed by atoms with E-state index in [1.54, 1.807) is 0 Å². The van der Waals surface area contributed by atoms with Crippen molar-refractivity contribution in [3.63, 3.8) is 0 Å². The summed E-state index contributed by atoms with van der Waals surface area (Å²) in [5, 5.41) is 1.14. The van der Waals surface area contributed by atoms with Crippen molar-refractivity contribution in [3.05, 3.63) is 35.4 Å². The molecule has 0 radical (unpaired) electrons. The first-order valence-electron chi connectivity index (χ1n) is 11.5. The highest BCUT2D eigenvalue weighted by Gasteiger charge is 2.30. The molecule has 2 heterocycles. The third-order valence-corrected chi connectivity index (χ3v) is 6.60. The van der Waals surface area contributed by atoms with Gasteiger partial charge in [0.05, 0.1) is 11.6 Å². The van der Waals surface area contributed by atoms with E-state index in [9.17, 15) is 4.79 Å². The highest BCUT2D eigenvalue weighted by molar-refractivity contribution is 5.85. The number of hydrogen-bond acceptors (Lipinski definition) is 4. The summed E-state index contributed by atoms with van der Waals surface area (Å²) in [4.78, 5) is 22.6. The van der Waals surface area contributed by atoms with Crippen LogP contribution in [0.1, 0.15) is 56.1 Å². The molecule has 5 heteroatoms. The fraction of sp³-hybridized carbons (Fsp3) is 0.600. The predicted octanol–water partition coefficient (Wildman–Crippen LogP) is 4.70. The molecule has 0 unspecified atom stereocenters. The minimum absolute atomic E-state index is 0.163. The van der Waals surface area contributed by atoms with Gasteiger partial charge in [-0.2, -0.15) is 0 Å². The number of nitrogens with zero attached hydrogens (tertiary/aromatic N) is 3. The fourth-order valence-corrected chi connectivity index (χ4v) is 4.96. The maximum atomic E-state index is 13.5. The third-order valence-electron chi connectivity index (χ3n) is 6.60. The van der Waals surface area contributed by atoms with Gasteiger partial charge in [0.25, 0.3) is 0 Å².